The maximum absolute atomic E-state index is 12.4. The number of carbonyl (C=O) groups is 2. The second-order valence-corrected chi connectivity index (χ2v) is 6.63. The lowest BCUT2D eigenvalue weighted by molar-refractivity contribution is -0.127. The maximum Gasteiger partial charge on any atom is 0.268 e. The molecule has 3 rings (SSSR count). The van der Waals surface area contributed by atoms with Crippen LogP contribution < -0.4 is 15.0 Å². The molecule has 1 unspecified atom stereocenters. The van der Waals surface area contributed by atoms with Gasteiger partial charge in [-0.1, -0.05) is 22.0 Å². The zero-order valence-corrected chi connectivity index (χ0v) is 15.0. The van der Waals surface area contributed by atoms with E-state index in [1.807, 2.05) is 37.3 Å². The van der Waals surface area contributed by atoms with E-state index >= 15 is 0 Å². The third kappa shape index (κ3) is 3.43. The molecule has 0 aromatic heterocycles. The lowest BCUT2D eigenvalue weighted by atomic mass is 10.1. The van der Waals surface area contributed by atoms with Gasteiger partial charge in [0.25, 0.3) is 5.91 Å². The summed E-state index contributed by atoms with van der Waals surface area (Å²) in [4.78, 5) is 26.3. The van der Waals surface area contributed by atoms with Crippen molar-refractivity contribution in [3.8, 4) is 5.75 Å². The average molecular weight is 389 g/mol. The van der Waals surface area contributed by atoms with Gasteiger partial charge in [0.15, 0.2) is 6.10 Å². The Kier molecular flexibility index (Phi) is 4.57. The van der Waals surface area contributed by atoms with Gasteiger partial charge in [-0.05, 0) is 55.8 Å². The van der Waals surface area contributed by atoms with E-state index in [9.17, 15) is 9.59 Å². The Morgan fingerprint density at radius 2 is 1.96 bits per heavy atom. The van der Waals surface area contributed by atoms with Crippen LogP contribution in [0, 0.1) is 6.92 Å². The summed E-state index contributed by atoms with van der Waals surface area (Å²) in [5, 5.41) is 2.80. The highest BCUT2D eigenvalue weighted by Crippen LogP contribution is 2.34. The Bertz CT molecular complexity index is 789. The number of nitrogens with one attached hydrogen (secondary N) is 1. The highest BCUT2D eigenvalue weighted by atomic mass is 79.9. The van der Waals surface area contributed by atoms with Crippen molar-refractivity contribution in [3.05, 3.63) is 52.5 Å². The second-order valence-electron chi connectivity index (χ2n) is 5.71. The molecular weight excluding hydrogens is 372 g/mol. The lowest BCUT2D eigenvalue weighted by Crippen LogP contribution is -2.47. The summed E-state index contributed by atoms with van der Waals surface area (Å²) in [5.74, 6) is 0.135. The number of hydrogen-bond donors (Lipinski definition) is 1. The van der Waals surface area contributed by atoms with Gasteiger partial charge in [-0.2, -0.15) is 0 Å². The molecule has 0 spiro atoms. The highest BCUT2D eigenvalue weighted by Gasteiger charge is 2.32. The first-order chi connectivity index (χ1) is 11.4. The summed E-state index contributed by atoms with van der Waals surface area (Å²) in [6.07, 6.45) is -0.610. The van der Waals surface area contributed by atoms with Gasteiger partial charge in [-0.3, -0.25) is 14.5 Å². The molecule has 1 atom stereocenters. The molecule has 2 aromatic carbocycles. The number of amides is 2. The fraction of sp³-hybridized carbons (Fsp3) is 0.222. The minimum absolute atomic E-state index is 0.0565. The van der Waals surface area contributed by atoms with Crippen molar-refractivity contribution in [3.63, 3.8) is 0 Å². The van der Waals surface area contributed by atoms with Crippen LogP contribution in [0.2, 0.25) is 0 Å². The van der Waals surface area contributed by atoms with Crippen LogP contribution in [0.4, 0.5) is 11.4 Å². The van der Waals surface area contributed by atoms with Gasteiger partial charge in [0, 0.05) is 10.2 Å². The predicted molar refractivity (Wildman–Crippen MR) is 96.4 cm³/mol. The first-order valence-corrected chi connectivity index (χ1v) is 8.37. The molecule has 6 heteroatoms. The number of rotatable bonds is 3. The van der Waals surface area contributed by atoms with Gasteiger partial charge < -0.3 is 10.1 Å². The number of hydrogen-bond acceptors (Lipinski definition) is 3. The van der Waals surface area contributed by atoms with E-state index < -0.39 is 6.10 Å². The van der Waals surface area contributed by atoms with Crippen LogP contribution in [0.25, 0.3) is 0 Å². The van der Waals surface area contributed by atoms with Gasteiger partial charge in [0.2, 0.25) is 5.91 Å². The summed E-state index contributed by atoms with van der Waals surface area (Å²) >= 11 is 3.35. The Labute approximate surface area is 148 Å². The molecule has 0 saturated heterocycles. The van der Waals surface area contributed by atoms with Crippen molar-refractivity contribution in [2.45, 2.75) is 20.0 Å². The molecule has 2 aromatic rings. The number of fused-ring (bicyclic) bond motifs is 1. The normalized spacial score (nSPS) is 16.4. The van der Waals surface area contributed by atoms with Crippen molar-refractivity contribution in [2.24, 2.45) is 0 Å². The van der Waals surface area contributed by atoms with Gasteiger partial charge in [0.05, 0.1) is 5.69 Å². The van der Waals surface area contributed by atoms with Crippen molar-refractivity contribution in [1.82, 2.24) is 0 Å². The molecule has 1 heterocycles. The van der Waals surface area contributed by atoms with Crippen LogP contribution in [0.1, 0.15) is 12.5 Å². The fourth-order valence-electron chi connectivity index (χ4n) is 2.56. The molecule has 0 bridgehead atoms. The first-order valence-electron chi connectivity index (χ1n) is 7.58. The van der Waals surface area contributed by atoms with Gasteiger partial charge in [0.1, 0.15) is 12.3 Å². The molecular formula is C18H17BrN2O3. The monoisotopic (exact) mass is 388 g/mol. The summed E-state index contributed by atoms with van der Waals surface area (Å²) in [5.41, 5.74) is 2.31. The third-order valence-corrected chi connectivity index (χ3v) is 4.28. The van der Waals surface area contributed by atoms with E-state index in [4.69, 9.17) is 4.74 Å². The molecule has 0 radical (unpaired) electrons. The quantitative estimate of drug-likeness (QED) is 0.874. The number of anilines is 2. The van der Waals surface area contributed by atoms with Crippen molar-refractivity contribution in [2.75, 3.05) is 16.8 Å². The molecule has 124 valence electrons. The van der Waals surface area contributed by atoms with Crippen LogP contribution in [0.3, 0.4) is 0 Å². The minimum atomic E-state index is -0.610. The van der Waals surface area contributed by atoms with E-state index in [1.54, 1.807) is 19.1 Å². The minimum Gasteiger partial charge on any atom is -0.479 e. The van der Waals surface area contributed by atoms with Crippen LogP contribution in [0.15, 0.2) is 46.9 Å². The Hall–Kier alpha value is -2.34. The Morgan fingerprint density at radius 3 is 2.67 bits per heavy atom. The van der Waals surface area contributed by atoms with E-state index in [-0.39, 0.29) is 18.4 Å². The molecule has 0 saturated carbocycles. The zero-order valence-electron chi connectivity index (χ0n) is 13.4. The second kappa shape index (κ2) is 6.65. The molecule has 1 N–H and O–H groups in total. The Morgan fingerprint density at radius 1 is 1.25 bits per heavy atom. The highest BCUT2D eigenvalue weighted by molar-refractivity contribution is 9.10. The number of halogens is 1. The number of carbonyl (C=O) groups excluding carboxylic acids is 2. The molecule has 0 fully saturated rings. The Balaban J connectivity index is 1.80. The topological polar surface area (TPSA) is 58.6 Å². The van der Waals surface area contributed by atoms with Gasteiger partial charge in [-0.15, -0.1) is 0 Å². The molecule has 0 aliphatic carbocycles. The summed E-state index contributed by atoms with van der Waals surface area (Å²) < 4.78 is 6.55. The standard InChI is InChI=1S/C18H17BrN2O3/c1-11-3-8-16-15(9-11)21(18(23)12(2)24-16)10-17(22)20-14-6-4-13(19)5-7-14/h3-9,12H,10H2,1-2H3,(H,20,22). The van der Waals surface area contributed by atoms with E-state index in [0.29, 0.717) is 17.1 Å². The van der Waals surface area contributed by atoms with E-state index in [0.717, 1.165) is 10.0 Å². The SMILES string of the molecule is Cc1ccc2c(c1)N(CC(=O)Nc1ccc(Br)cc1)C(=O)C(C)O2. The molecule has 1 aliphatic rings. The van der Waals surface area contributed by atoms with E-state index in [1.165, 1.54) is 4.90 Å². The summed E-state index contributed by atoms with van der Waals surface area (Å²) in [6, 6.07) is 12.9. The lowest BCUT2D eigenvalue weighted by Gasteiger charge is -2.32. The van der Waals surface area contributed by atoms with Crippen LogP contribution in [-0.4, -0.2) is 24.5 Å². The van der Waals surface area contributed by atoms with Crippen LogP contribution in [0.5, 0.6) is 5.75 Å². The summed E-state index contributed by atoms with van der Waals surface area (Å²) in [6.45, 7) is 3.56. The van der Waals surface area contributed by atoms with Crippen molar-refractivity contribution >= 4 is 39.1 Å². The van der Waals surface area contributed by atoms with Gasteiger partial charge in [-0.25, -0.2) is 0 Å². The number of benzene rings is 2. The molecule has 2 amide bonds. The smallest absolute Gasteiger partial charge is 0.268 e. The van der Waals surface area contributed by atoms with Crippen LogP contribution in [-0.2, 0) is 9.59 Å². The third-order valence-electron chi connectivity index (χ3n) is 3.75. The average Bonchev–Trinajstić information content (AvgIpc) is 2.55. The zero-order chi connectivity index (χ0) is 17.3. The first kappa shape index (κ1) is 16.5. The predicted octanol–water partition coefficient (Wildman–Crippen LogP) is 3.51. The largest absolute Gasteiger partial charge is 0.479 e. The van der Waals surface area contributed by atoms with Gasteiger partial charge >= 0.3 is 0 Å². The van der Waals surface area contributed by atoms with Crippen LogP contribution >= 0.6 is 15.9 Å². The number of ether oxygens (including phenoxy) is 1. The van der Waals surface area contributed by atoms with Crippen molar-refractivity contribution in [1.29, 1.82) is 0 Å². The van der Waals surface area contributed by atoms with E-state index in [2.05, 4.69) is 21.2 Å². The summed E-state index contributed by atoms with van der Waals surface area (Å²) in [7, 11) is 0. The fourth-order valence-corrected chi connectivity index (χ4v) is 2.82. The molecule has 1 aliphatic heterocycles. The van der Waals surface area contributed by atoms with Crippen molar-refractivity contribution < 1.29 is 14.3 Å². The number of aryl methyl sites for hydroxylation is 1. The molecule has 24 heavy (non-hydrogen) atoms. The number of nitrogens with zero attached hydrogens (tertiary/aromatic N) is 1. The molecule has 5 nitrogen and oxygen atoms in total. The maximum atomic E-state index is 12.4.